The summed E-state index contributed by atoms with van der Waals surface area (Å²) in [6.45, 7) is 3.35. The lowest BCUT2D eigenvalue weighted by atomic mass is 9.48. The summed E-state index contributed by atoms with van der Waals surface area (Å²) in [5.74, 6) is 2.90. The van der Waals surface area contributed by atoms with Gasteiger partial charge in [0.05, 0.1) is 5.71 Å². The van der Waals surface area contributed by atoms with Gasteiger partial charge in [-0.05, 0) is 88.3 Å². The Hall–Kier alpha value is -2.57. The zero-order valence-electron chi connectivity index (χ0n) is 18.1. The van der Waals surface area contributed by atoms with Gasteiger partial charge in [-0.3, -0.25) is 4.79 Å². The summed E-state index contributed by atoms with van der Waals surface area (Å²) in [6, 6.07) is 5.47. The van der Waals surface area contributed by atoms with Gasteiger partial charge in [0, 0.05) is 11.0 Å². The number of oxime groups is 1. The number of benzene rings is 1. The number of rotatable bonds is 7. The third-order valence-electron chi connectivity index (χ3n) is 7.41. The molecule has 0 N–H and O–H groups in total. The second kappa shape index (κ2) is 7.84. The van der Waals surface area contributed by atoms with Gasteiger partial charge in [-0.25, -0.2) is 4.79 Å². The van der Waals surface area contributed by atoms with Gasteiger partial charge < -0.3 is 19.0 Å². The molecular weight excluding hydrogens is 398 g/mol. The lowest BCUT2D eigenvalue weighted by Gasteiger charge is -2.56. The molecule has 1 heterocycles. The summed E-state index contributed by atoms with van der Waals surface area (Å²) in [5.41, 5.74) is 1.13. The summed E-state index contributed by atoms with van der Waals surface area (Å²) in [4.78, 5) is 30.7. The highest BCUT2D eigenvalue weighted by Gasteiger charge is 2.55. The van der Waals surface area contributed by atoms with E-state index in [9.17, 15) is 9.59 Å². The number of hydrogen-bond donors (Lipinski definition) is 0. The summed E-state index contributed by atoms with van der Waals surface area (Å²) in [7, 11) is 0. The molecule has 5 aliphatic rings. The molecular formula is C24H29NO6. The van der Waals surface area contributed by atoms with Gasteiger partial charge in [-0.15, -0.1) is 0 Å². The van der Waals surface area contributed by atoms with E-state index in [1.807, 2.05) is 18.2 Å². The molecule has 1 aromatic rings. The average molecular weight is 427 g/mol. The first kappa shape index (κ1) is 20.3. The van der Waals surface area contributed by atoms with E-state index in [0.29, 0.717) is 35.0 Å². The van der Waals surface area contributed by atoms with Gasteiger partial charge in [0.2, 0.25) is 13.4 Å². The number of esters is 1. The van der Waals surface area contributed by atoms with Crippen LogP contribution in [0.4, 0.5) is 0 Å². The van der Waals surface area contributed by atoms with Crippen molar-refractivity contribution >= 4 is 17.5 Å². The lowest BCUT2D eigenvalue weighted by Crippen LogP contribution is -2.52. The Kier molecular flexibility index (Phi) is 5.15. The van der Waals surface area contributed by atoms with Crippen molar-refractivity contribution in [2.75, 3.05) is 13.4 Å². The molecule has 4 aliphatic carbocycles. The van der Waals surface area contributed by atoms with Crippen LogP contribution < -0.4 is 9.47 Å². The minimum Gasteiger partial charge on any atom is -0.454 e. The van der Waals surface area contributed by atoms with Crippen LogP contribution in [0.2, 0.25) is 0 Å². The van der Waals surface area contributed by atoms with Gasteiger partial charge in [-0.2, -0.15) is 0 Å². The fourth-order valence-electron chi connectivity index (χ4n) is 6.48. The molecule has 4 bridgehead atoms. The molecule has 4 fully saturated rings. The van der Waals surface area contributed by atoms with Crippen molar-refractivity contribution in [3.05, 3.63) is 23.8 Å². The highest BCUT2D eigenvalue weighted by molar-refractivity contribution is 5.99. The predicted octanol–water partition coefficient (Wildman–Crippen LogP) is 3.87. The first-order chi connectivity index (χ1) is 14.9. The molecule has 7 heteroatoms. The van der Waals surface area contributed by atoms with Crippen LogP contribution in [0, 0.1) is 23.2 Å². The summed E-state index contributed by atoms with van der Waals surface area (Å²) in [5, 5.41) is 4.00. The van der Waals surface area contributed by atoms with Crippen molar-refractivity contribution < 1.29 is 28.6 Å². The highest BCUT2D eigenvalue weighted by Crippen LogP contribution is 2.60. The zero-order valence-corrected chi connectivity index (χ0v) is 18.1. The Balaban J connectivity index is 1.14. The maximum atomic E-state index is 13.2. The van der Waals surface area contributed by atoms with E-state index in [0.717, 1.165) is 24.8 Å². The quantitative estimate of drug-likeness (QED) is 0.373. The summed E-state index contributed by atoms with van der Waals surface area (Å²) in [6.07, 6.45) is 5.98. The first-order valence-electron chi connectivity index (χ1n) is 11.2. The summed E-state index contributed by atoms with van der Waals surface area (Å²) < 4.78 is 16.1. The SMILES string of the molecule is C/C(=N/OCC(=O)OC(C)C(=O)C12CC3CC(CC(C3)C1)C2)c1ccc2c(c1)OCO2. The molecule has 0 spiro atoms. The Morgan fingerprint density at radius 2 is 1.74 bits per heavy atom. The number of Topliss-reactive ketones (excluding diaryl/α,β-unsaturated/α-hetero) is 1. The van der Waals surface area contributed by atoms with Crippen LogP contribution in [0.15, 0.2) is 23.4 Å². The van der Waals surface area contributed by atoms with Gasteiger partial charge in [0.15, 0.2) is 23.4 Å². The zero-order chi connectivity index (χ0) is 21.6. The normalized spacial score (nSPS) is 31.4. The summed E-state index contributed by atoms with van der Waals surface area (Å²) >= 11 is 0. The lowest BCUT2D eigenvalue weighted by molar-refractivity contribution is -0.167. The molecule has 7 nitrogen and oxygen atoms in total. The second-order valence-electron chi connectivity index (χ2n) is 9.71. The number of hydrogen-bond acceptors (Lipinski definition) is 7. The molecule has 6 rings (SSSR count). The number of ketones is 1. The maximum Gasteiger partial charge on any atom is 0.347 e. The van der Waals surface area contributed by atoms with Gasteiger partial charge in [0.1, 0.15) is 0 Å². The largest absolute Gasteiger partial charge is 0.454 e. The maximum absolute atomic E-state index is 13.2. The monoisotopic (exact) mass is 427 g/mol. The molecule has 4 saturated carbocycles. The molecule has 1 atom stereocenters. The van der Waals surface area contributed by atoms with E-state index in [1.165, 1.54) is 19.3 Å². The second-order valence-corrected chi connectivity index (χ2v) is 9.71. The number of carbonyl (C=O) groups is 2. The third-order valence-corrected chi connectivity index (χ3v) is 7.41. The number of ether oxygens (including phenoxy) is 3. The minimum absolute atomic E-state index is 0.0972. The van der Waals surface area contributed by atoms with Crippen LogP contribution in [-0.2, 0) is 19.2 Å². The Morgan fingerprint density at radius 3 is 2.42 bits per heavy atom. The van der Waals surface area contributed by atoms with Crippen molar-refractivity contribution in [1.29, 1.82) is 0 Å². The molecule has 0 saturated heterocycles. The molecule has 166 valence electrons. The van der Waals surface area contributed by atoms with Crippen molar-refractivity contribution in [1.82, 2.24) is 0 Å². The van der Waals surface area contributed by atoms with E-state index in [-0.39, 0.29) is 24.6 Å². The van der Waals surface area contributed by atoms with Crippen LogP contribution in [-0.4, -0.2) is 37.0 Å². The number of nitrogens with zero attached hydrogens (tertiary/aromatic N) is 1. The van der Waals surface area contributed by atoms with Crippen LogP contribution in [0.25, 0.3) is 0 Å². The van der Waals surface area contributed by atoms with Crippen LogP contribution in [0.5, 0.6) is 11.5 Å². The van der Waals surface area contributed by atoms with Gasteiger partial charge >= 0.3 is 5.97 Å². The van der Waals surface area contributed by atoms with Crippen molar-refractivity contribution in [2.24, 2.45) is 28.3 Å². The Morgan fingerprint density at radius 1 is 1.10 bits per heavy atom. The van der Waals surface area contributed by atoms with E-state index in [1.54, 1.807) is 13.8 Å². The van der Waals surface area contributed by atoms with E-state index >= 15 is 0 Å². The molecule has 0 radical (unpaired) electrons. The molecule has 0 amide bonds. The fourth-order valence-corrected chi connectivity index (χ4v) is 6.48. The topological polar surface area (TPSA) is 83.4 Å². The van der Waals surface area contributed by atoms with Crippen molar-refractivity contribution in [3.63, 3.8) is 0 Å². The number of fused-ring (bicyclic) bond motifs is 1. The average Bonchev–Trinajstić information content (AvgIpc) is 3.20. The van der Waals surface area contributed by atoms with Crippen LogP contribution >= 0.6 is 0 Å². The molecule has 31 heavy (non-hydrogen) atoms. The molecule has 1 aromatic carbocycles. The molecule has 1 unspecified atom stereocenters. The fraction of sp³-hybridized carbons (Fsp3) is 0.625. The highest BCUT2D eigenvalue weighted by atomic mass is 16.7. The van der Waals surface area contributed by atoms with E-state index in [2.05, 4.69) is 5.16 Å². The van der Waals surface area contributed by atoms with Gasteiger partial charge in [0.25, 0.3) is 0 Å². The Labute approximate surface area is 182 Å². The molecule has 1 aliphatic heterocycles. The smallest absolute Gasteiger partial charge is 0.347 e. The third kappa shape index (κ3) is 3.90. The van der Waals surface area contributed by atoms with E-state index < -0.39 is 12.1 Å². The van der Waals surface area contributed by atoms with Crippen LogP contribution in [0.1, 0.15) is 57.9 Å². The molecule has 0 aromatic heterocycles. The van der Waals surface area contributed by atoms with Gasteiger partial charge in [-0.1, -0.05) is 5.16 Å². The van der Waals surface area contributed by atoms with Crippen LogP contribution in [0.3, 0.4) is 0 Å². The van der Waals surface area contributed by atoms with Crippen molar-refractivity contribution in [2.45, 2.75) is 58.5 Å². The first-order valence-corrected chi connectivity index (χ1v) is 11.2. The van der Waals surface area contributed by atoms with E-state index in [4.69, 9.17) is 19.0 Å². The number of carbonyl (C=O) groups excluding carboxylic acids is 2. The standard InChI is InChI=1S/C24H29NO6/c1-14(19-3-4-20-21(8-19)29-13-28-20)25-30-12-22(26)31-15(2)23(27)24-9-16-5-17(10-24)7-18(6-16)11-24/h3-4,8,15-18H,5-7,9-13H2,1-2H3/b25-14-. The predicted molar refractivity (Wildman–Crippen MR) is 112 cm³/mol. The Bertz CT molecular complexity index is 887. The van der Waals surface area contributed by atoms with Crippen molar-refractivity contribution in [3.8, 4) is 11.5 Å². The minimum atomic E-state index is -0.744.